The van der Waals surface area contributed by atoms with E-state index in [2.05, 4.69) is 26.2 Å². The van der Waals surface area contributed by atoms with Gasteiger partial charge < -0.3 is 9.47 Å². The molecule has 0 radical (unpaired) electrons. The number of rotatable bonds is 8. The Hall–Kier alpha value is -2.68. The molecular weight excluding hydrogens is 513 g/mol. The number of allylic oxidation sites excluding steroid dienone is 1. The molecule has 180 valence electrons. The van der Waals surface area contributed by atoms with Crippen molar-refractivity contribution in [3.8, 4) is 5.75 Å². The molecule has 2 aromatic carbocycles. The molecule has 0 saturated carbocycles. The number of nitrogens with zero attached hydrogens (tertiary/aromatic N) is 2. The number of hydrogen-bond donors (Lipinski definition) is 0. The molecule has 0 fully saturated rings. The number of hydrogen-bond acceptors (Lipinski definition) is 5. The third-order valence-corrected chi connectivity index (χ3v) is 6.75. The van der Waals surface area contributed by atoms with Gasteiger partial charge in [-0.2, -0.15) is 18.3 Å². The Morgan fingerprint density at radius 1 is 1.24 bits per heavy atom. The molecule has 34 heavy (non-hydrogen) atoms. The van der Waals surface area contributed by atoms with E-state index in [1.54, 1.807) is 37.3 Å². The number of fused-ring (bicyclic) bond motifs is 1. The van der Waals surface area contributed by atoms with Crippen molar-refractivity contribution in [3.63, 3.8) is 0 Å². The van der Waals surface area contributed by atoms with Gasteiger partial charge in [0.2, 0.25) is 0 Å². The summed E-state index contributed by atoms with van der Waals surface area (Å²) in [5.74, 6) is 0.499. The van der Waals surface area contributed by atoms with Gasteiger partial charge in [0.25, 0.3) is 0 Å². The van der Waals surface area contributed by atoms with Gasteiger partial charge in [-0.1, -0.05) is 30.3 Å². The number of carbonyl (C=O) groups excluding carboxylic acids is 1. The van der Waals surface area contributed by atoms with E-state index in [-0.39, 0.29) is 24.9 Å². The van der Waals surface area contributed by atoms with Crippen molar-refractivity contribution >= 4 is 21.9 Å². The summed E-state index contributed by atoms with van der Waals surface area (Å²) in [6, 6.07) is 12.7. The van der Waals surface area contributed by atoms with Crippen molar-refractivity contribution in [2.45, 2.75) is 50.2 Å². The molecule has 0 saturated heterocycles. The first-order chi connectivity index (χ1) is 16.2. The van der Waals surface area contributed by atoms with Crippen LogP contribution in [0.4, 0.5) is 13.2 Å². The highest BCUT2D eigenvalue weighted by atomic mass is 79.9. The van der Waals surface area contributed by atoms with Crippen LogP contribution in [0.3, 0.4) is 0 Å². The van der Waals surface area contributed by atoms with Crippen molar-refractivity contribution in [1.82, 2.24) is 0 Å². The molecule has 0 amide bonds. The molecule has 1 heterocycles. The third-order valence-electron chi connectivity index (χ3n) is 6.13. The molecular formula is C25H24BrF3N2O3. The molecule has 0 spiro atoms. The number of azo groups is 1. The van der Waals surface area contributed by atoms with E-state index in [0.717, 1.165) is 34.5 Å². The van der Waals surface area contributed by atoms with Crippen LogP contribution in [0.1, 0.15) is 48.8 Å². The molecule has 5 nitrogen and oxygen atoms in total. The lowest BCUT2D eigenvalue weighted by Gasteiger charge is -2.23. The second-order valence-corrected chi connectivity index (χ2v) is 9.20. The topological polar surface area (TPSA) is 60.2 Å². The van der Waals surface area contributed by atoms with Gasteiger partial charge in [-0.05, 0) is 76.5 Å². The molecule has 0 aromatic heterocycles. The quantitative estimate of drug-likeness (QED) is 0.341. The minimum atomic E-state index is -4.57. The number of benzene rings is 2. The zero-order valence-corrected chi connectivity index (χ0v) is 20.2. The summed E-state index contributed by atoms with van der Waals surface area (Å²) < 4.78 is 51.6. The van der Waals surface area contributed by atoms with Crippen LogP contribution in [0.5, 0.6) is 5.75 Å². The van der Waals surface area contributed by atoms with Crippen molar-refractivity contribution in [2.24, 2.45) is 10.2 Å². The van der Waals surface area contributed by atoms with E-state index in [1.165, 1.54) is 0 Å². The van der Waals surface area contributed by atoms with Gasteiger partial charge in [0, 0.05) is 6.42 Å². The standard InChI is InChI=1S/C25H24BrF3N2O3/c1-2-33-23(32)13-17-9-8-16-12-21(20(26)14-19(16)17)34-11-10-24(18-6-4-3-5-7-18)15-22(30-31-24)25(27,28)29/h3-7,12,14-15,17H,2,8-11,13H2,1H3/t17-,24?/m0/s1. The Morgan fingerprint density at radius 3 is 2.68 bits per heavy atom. The molecule has 1 aliphatic carbocycles. The summed E-state index contributed by atoms with van der Waals surface area (Å²) in [5.41, 5.74) is 0.583. The van der Waals surface area contributed by atoms with Crippen LogP contribution in [0.15, 0.2) is 68.9 Å². The normalized spacial score (nSPS) is 21.3. The summed E-state index contributed by atoms with van der Waals surface area (Å²) in [6.45, 7) is 2.28. The number of esters is 1. The van der Waals surface area contributed by atoms with Gasteiger partial charge in [0.1, 0.15) is 11.3 Å². The number of aryl methyl sites for hydroxylation is 1. The minimum Gasteiger partial charge on any atom is -0.492 e. The average Bonchev–Trinajstić information content (AvgIpc) is 3.40. The lowest BCUT2D eigenvalue weighted by molar-refractivity contribution is -0.143. The molecule has 1 aliphatic heterocycles. The zero-order chi connectivity index (χ0) is 24.3. The van der Waals surface area contributed by atoms with E-state index in [4.69, 9.17) is 9.47 Å². The van der Waals surface area contributed by atoms with E-state index in [1.807, 2.05) is 12.1 Å². The smallest absolute Gasteiger partial charge is 0.434 e. The van der Waals surface area contributed by atoms with E-state index in [9.17, 15) is 18.0 Å². The van der Waals surface area contributed by atoms with E-state index < -0.39 is 17.4 Å². The summed E-state index contributed by atoms with van der Waals surface area (Å²) in [6.07, 6.45) is -1.29. The van der Waals surface area contributed by atoms with Crippen LogP contribution < -0.4 is 4.74 Å². The Kier molecular flexibility index (Phi) is 7.12. The first kappa shape index (κ1) is 24.4. The maximum Gasteiger partial charge on any atom is 0.434 e. The second kappa shape index (κ2) is 9.90. The second-order valence-electron chi connectivity index (χ2n) is 8.34. The van der Waals surface area contributed by atoms with E-state index >= 15 is 0 Å². The molecule has 2 atom stereocenters. The zero-order valence-electron chi connectivity index (χ0n) is 18.6. The maximum atomic E-state index is 13.3. The molecule has 0 bridgehead atoms. The van der Waals surface area contributed by atoms with Crippen molar-refractivity contribution < 1.29 is 27.4 Å². The first-order valence-electron chi connectivity index (χ1n) is 11.1. The van der Waals surface area contributed by atoms with Crippen LogP contribution in [0.2, 0.25) is 0 Å². The van der Waals surface area contributed by atoms with Crippen LogP contribution in [0, 0.1) is 0 Å². The van der Waals surface area contributed by atoms with Crippen LogP contribution in [-0.4, -0.2) is 25.4 Å². The molecule has 2 aromatic rings. The molecule has 0 N–H and O–H groups in total. The highest BCUT2D eigenvalue weighted by molar-refractivity contribution is 9.10. The Labute approximate surface area is 204 Å². The lowest BCUT2D eigenvalue weighted by Crippen LogP contribution is -2.23. The Balaban J connectivity index is 1.49. The molecule has 1 unspecified atom stereocenters. The third kappa shape index (κ3) is 5.19. The fourth-order valence-corrected chi connectivity index (χ4v) is 4.93. The fourth-order valence-electron chi connectivity index (χ4n) is 4.45. The predicted molar refractivity (Wildman–Crippen MR) is 124 cm³/mol. The Morgan fingerprint density at radius 2 is 2.00 bits per heavy atom. The van der Waals surface area contributed by atoms with Gasteiger partial charge in [0.15, 0.2) is 5.70 Å². The SMILES string of the molecule is CCOC(=O)C[C@@H]1CCc2cc(OCCC3(c4ccccc4)C=C(C(F)(F)F)N=N3)c(Br)cc21. The largest absolute Gasteiger partial charge is 0.492 e. The number of halogens is 4. The minimum absolute atomic E-state index is 0.102. The summed E-state index contributed by atoms with van der Waals surface area (Å²) in [4.78, 5) is 11.9. The molecule has 4 rings (SSSR count). The number of ether oxygens (including phenoxy) is 2. The van der Waals surface area contributed by atoms with Gasteiger partial charge >= 0.3 is 12.1 Å². The van der Waals surface area contributed by atoms with Crippen LogP contribution >= 0.6 is 15.9 Å². The van der Waals surface area contributed by atoms with Gasteiger partial charge in [-0.3, -0.25) is 4.79 Å². The van der Waals surface area contributed by atoms with Crippen LogP contribution in [0.25, 0.3) is 0 Å². The van der Waals surface area contributed by atoms with Gasteiger partial charge in [-0.15, -0.1) is 5.11 Å². The van der Waals surface area contributed by atoms with Crippen LogP contribution in [-0.2, 0) is 21.5 Å². The highest BCUT2D eigenvalue weighted by Crippen LogP contribution is 2.44. The predicted octanol–water partition coefficient (Wildman–Crippen LogP) is 7.01. The monoisotopic (exact) mass is 536 g/mol. The summed E-state index contributed by atoms with van der Waals surface area (Å²) in [5, 5.41) is 7.46. The summed E-state index contributed by atoms with van der Waals surface area (Å²) >= 11 is 3.54. The lowest BCUT2D eigenvalue weighted by atomic mass is 9.87. The van der Waals surface area contributed by atoms with Crippen molar-refractivity contribution in [1.29, 1.82) is 0 Å². The highest BCUT2D eigenvalue weighted by Gasteiger charge is 2.43. The van der Waals surface area contributed by atoms with Gasteiger partial charge in [0.05, 0.1) is 24.1 Å². The van der Waals surface area contributed by atoms with Crippen molar-refractivity contribution in [2.75, 3.05) is 13.2 Å². The summed E-state index contributed by atoms with van der Waals surface area (Å²) in [7, 11) is 0. The number of alkyl halides is 3. The fraction of sp³-hybridized carbons (Fsp3) is 0.400. The van der Waals surface area contributed by atoms with E-state index in [0.29, 0.717) is 24.3 Å². The van der Waals surface area contributed by atoms with Crippen molar-refractivity contribution in [3.05, 3.63) is 75.4 Å². The molecule has 2 aliphatic rings. The maximum absolute atomic E-state index is 13.3. The number of carbonyl (C=O) groups is 1. The Bertz CT molecular complexity index is 1120. The first-order valence-corrected chi connectivity index (χ1v) is 11.9. The van der Waals surface area contributed by atoms with Gasteiger partial charge in [-0.25, -0.2) is 0 Å². The average molecular weight is 537 g/mol. The molecule has 9 heteroatoms.